The third-order valence-corrected chi connectivity index (χ3v) is 5.26. The molecule has 0 aromatic carbocycles. The average Bonchev–Trinajstić information content (AvgIpc) is 2.74. The summed E-state index contributed by atoms with van der Waals surface area (Å²) in [5.74, 6) is 2.25. The Morgan fingerprint density at radius 1 is 1.26 bits per heavy atom. The number of nitrogens with one attached hydrogen (secondary N) is 1. The third kappa shape index (κ3) is 9.87. The number of aliphatic imine (C=N–C) groups is 1. The van der Waals surface area contributed by atoms with Crippen molar-refractivity contribution in [2.75, 3.05) is 40.0 Å². The van der Waals surface area contributed by atoms with Crippen LogP contribution in [0.4, 0.5) is 0 Å². The first-order chi connectivity index (χ1) is 15.0. The lowest BCUT2D eigenvalue weighted by Crippen LogP contribution is -2.47. The van der Waals surface area contributed by atoms with Crippen LogP contribution in [0.25, 0.3) is 0 Å². The molecule has 0 bridgehead atoms. The average molecular weight is 435 g/mol. The van der Waals surface area contributed by atoms with Crippen LogP contribution < -0.4 is 10.1 Å². The van der Waals surface area contributed by atoms with Crippen LogP contribution in [0.15, 0.2) is 23.3 Å². The summed E-state index contributed by atoms with van der Waals surface area (Å²) in [6.45, 7) is 13.5. The fourth-order valence-corrected chi connectivity index (χ4v) is 3.81. The molecule has 0 saturated carbocycles. The van der Waals surface area contributed by atoms with Crippen molar-refractivity contribution in [1.29, 1.82) is 0 Å². The summed E-state index contributed by atoms with van der Waals surface area (Å²) in [5, 5.41) is 3.44. The zero-order valence-corrected chi connectivity index (χ0v) is 20.1. The fraction of sp³-hybridized carbons (Fsp3) is 0.750. The number of aromatic nitrogens is 1. The van der Waals surface area contributed by atoms with Crippen molar-refractivity contribution in [2.45, 2.75) is 72.1 Å². The van der Waals surface area contributed by atoms with Gasteiger partial charge in [0.15, 0.2) is 5.96 Å². The molecule has 1 unspecified atom stereocenters. The van der Waals surface area contributed by atoms with Gasteiger partial charge in [0.1, 0.15) is 0 Å². The highest BCUT2D eigenvalue weighted by molar-refractivity contribution is 5.80. The smallest absolute Gasteiger partial charge is 0.213 e. The summed E-state index contributed by atoms with van der Waals surface area (Å²) in [7, 11) is 1.73. The number of hydrogen-bond donors (Lipinski definition) is 1. The second kappa shape index (κ2) is 14.2. The normalized spacial score (nSPS) is 16.6. The second-order valence-corrected chi connectivity index (χ2v) is 8.63. The van der Waals surface area contributed by atoms with Crippen LogP contribution in [-0.4, -0.2) is 68.0 Å². The Balaban J connectivity index is 1.88. The summed E-state index contributed by atoms with van der Waals surface area (Å²) in [4.78, 5) is 11.6. The number of nitrogens with zero attached hydrogens (tertiary/aromatic N) is 3. The van der Waals surface area contributed by atoms with Crippen molar-refractivity contribution in [3.05, 3.63) is 23.9 Å². The first kappa shape index (κ1) is 25.4. The summed E-state index contributed by atoms with van der Waals surface area (Å²) in [6, 6.07) is 4.01. The van der Waals surface area contributed by atoms with E-state index < -0.39 is 0 Å². The first-order valence-corrected chi connectivity index (χ1v) is 11.8. The van der Waals surface area contributed by atoms with Gasteiger partial charge >= 0.3 is 0 Å². The summed E-state index contributed by atoms with van der Waals surface area (Å²) >= 11 is 0. The maximum atomic E-state index is 5.99. The molecule has 1 N–H and O–H groups in total. The highest BCUT2D eigenvalue weighted by Crippen LogP contribution is 2.17. The minimum atomic E-state index is 0.154. The van der Waals surface area contributed by atoms with E-state index in [1.165, 1.54) is 0 Å². The number of ether oxygens (including phenoxy) is 3. The van der Waals surface area contributed by atoms with Crippen LogP contribution in [0.1, 0.15) is 58.9 Å². The van der Waals surface area contributed by atoms with Gasteiger partial charge in [-0.2, -0.15) is 0 Å². The molecule has 0 amide bonds. The highest BCUT2D eigenvalue weighted by atomic mass is 16.5. The van der Waals surface area contributed by atoms with Gasteiger partial charge in [-0.15, -0.1) is 0 Å². The molecule has 1 aliphatic rings. The molecule has 1 fully saturated rings. The van der Waals surface area contributed by atoms with Crippen LogP contribution in [0.5, 0.6) is 5.88 Å². The van der Waals surface area contributed by atoms with E-state index >= 15 is 0 Å². The van der Waals surface area contributed by atoms with Crippen molar-refractivity contribution < 1.29 is 14.2 Å². The van der Waals surface area contributed by atoms with Crippen LogP contribution in [0.3, 0.4) is 0 Å². The molecule has 1 aromatic heterocycles. The summed E-state index contributed by atoms with van der Waals surface area (Å²) < 4.78 is 17.1. The van der Waals surface area contributed by atoms with Gasteiger partial charge in [-0.25, -0.2) is 9.98 Å². The molecular formula is C24H42N4O3. The van der Waals surface area contributed by atoms with Crippen LogP contribution >= 0.6 is 0 Å². The molecule has 1 saturated heterocycles. The van der Waals surface area contributed by atoms with Gasteiger partial charge in [0.05, 0.1) is 18.8 Å². The standard InChI is InChI=1S/C24H42N4O3/c1-6-25-24(28-12-9-22(10-13-28)30-15-7-14-29-5)27-18-21-8-11-26-23(17-21)31-20(4)16-19(2)3/h8,11,17,19-20,22H,6-7,9-10,12-16,18H2,1-5H3,(H,25,27). The molecular weight excluding hydrogens is 392 g/mol. The molecule has 0 aliphatic carbocycles. The van der Waals surface area contributed by atoms with Crippen LogP contribution in [0.2, 0.25) is 0 Å². The van der Waals surface area contributed by atoms with Gasteiger partial charge in [0.25, 0.3) is 0 Å². The van der Waals surface area contributed by atoms with Gasteiger partial charge in [0, 0.05) is 52.2 Å². The predicted molar refractivity (Wildman–Crippen MR) is 126 cm³/mol. The Morgan fingerprint density at radius 3 is 2.71 bits per heavy atom. The van der Waals surface area contributed by atoms with Crippen LogP contribution in [0, 0.1) is 5.92 Å². The maximum absolute atomic E-state index is 5.99. The molecule has 1 aliphatic heterocycles. The Morgan fingerprint density at radius 2 is 2.03 bits per heavy atom. The van der Waals surface area contributed by atoms with Crippen molar-refractivity contribution in [3.63, 3.8) is 0 Å². The topological polar surface area (TPSA) is 68.2 Å². The van der Waals surface area contributed by atoms with Gasteiger partial charge < -0.3 is 24.4 Å². The molecule has 7 nitrogen and oxygen atoms in total. The van der Waals surface area contributed by atoms with Gasteiger partial charge in [-0.3, -0.25) is 0 Å². The Hall–Kier alpha value is -1.86. The molecule has 1 atom stereocenters. The lowest BCUT2D eigenvalue weighted by molar-refractivity contribution is 0.00990. The fourth-order valence-electron chi connectivity index (χ4n) is 3.81. The van der Waals surface area contributed by atoms with E-state index in [1.54, 1.807) is 7.11 Å². The lowest BCUT2D eigenvalue weighted by Gasteiger charge is -2.34. The van der Waals surface area contributed by atoms with E-state index in [0.717, 1.165) is 70.1 Å². The van der Waals surface area contributed by atoms with Gasteiger partial charge in [0.2, 0.25) is 5.88 Å². The molecule has 2 heterocycles. The number of rotatable bonds is 12. The molecule has 31 heavy (non-hydrogen) atoms. The zero-order chi connectivity index (χ0) is 22.5. The Bertz CT molecular complexity index is 645. The minimum absolute atomic E-state index is 0.154. The van der Waals surface area contributed by atoms with E-state index in [2.05, 4.69) is 42.9 Å². The van der Waals surface area contributed by atoms with E-state index in [-0.39, 0.29) is 6.10 Å². The highest BCUT2D eigenvalue weighted by Gasteiger charge is 2.21. The number of piperidine rings is 1. The van der Waals surface area contributed by atoms with Gasteiger partial charge in [-0.1, -0.05) is 13.8 Å². The van der Waals surface area contributed by atoms with Crippen LogP contribution in [-0.2, 0) is 16.0 Å². The van der Waals surface area contributed by atoms with Crippen molar-refractivity contribution in [2.24, 2.45) is 10.9 Å². The monoisotopic (exact) mass is 434 g/mol. The first-order valence-electron chi connectivity index (χ1n) is 11.8. The number of hydrogen-bond acceptors (Lipinski definition) is 5. The Kier molecular flexibility index (Phi) is 11.7. The molecule has 1 aromatic rings. The SMILES string of the molecule is CCNC(=NCc1ccnc(OC(C)CC(C)C)c1)N1CCC(OCCCOC)CC1. The van der Waals surface area contributed by atoms with Crippen molar-refractivity contribution in [1.82, 2.24) is 15.2 Å². The van der Waals surface area contributed by atoms with E-state index in [4.69, 9.17) is 19.2 Å². The molecule has 176 valence electrons. The number of likely N-dealkylation sites (tertiary alicyclic amines) is 1. The second-order valence-electron chi connectivity index (χ2n) is 8.63. The van der Waals surface area contributed by atoms with E-state index in [1.807, 2.05) is 18.3 Å². The lowest BCUT2D eigenvalue weighted by atomic mass is 10.1. The quantitative estimate of drug-likeness (QED) is 0.306. The summed E-state index contributed by atoms with van der Waals surface area (Å²) in [5.41, 5.74) is 1.11. The molecule has 0 spiro atoms. The largest absolute Gasteiger partial charge is 0.475 e. The van der Waals surface area contributed by atoms with Crippen molar-refractivity contribution in [3.8, 4) is 5.88 Å². The number of pyridine rings is 1. The predicted octanol–water partition coefficient (Wildman–Crippen LogP) is 3.88. The van der Waals surface area contributed by atoms with Gasteiger partial charge in [-0.05, 0) is 57.1 Å². The van der Waals surface area contributed by atoms with Crippen molar-refractivity contribution >= 4 is 5.96 Å². The van der Waals surface area contributed by atoms with E-state index in [0.29, 0.717) is 24.4 Å². The Labute approximate surface area is 188 Å². The van der Waals surface area contributed by atoms with E-state index in [9.17, 15) is 0 Å². The molecule has 7 heteroatoms. The summed E-state index contributed by atoms with van der Waals surface area (Å²) in [6.07, 6.45) is 6.32. The minimum Gasteiger partial charge on any atom is -0.475 e. The number of guanidine groups is 1. The third-order valence-electron chi connectivity index (χ3n) is 5.26. The molecule has 2 rings (SSSR count). The molecule has 0 radical (unpaired) electrons. The maximum Gasteiger partial charge on any atom is 0.213 e. The number of methoxy groups -OCH3 is 1. The zero-order valence-electron chi connectivity index (χ0n) is 20.1.